The number of nitrogens with one attached hydrogen (secondary N) is 2. The Bertz CT molecular complexity index is 986. The maximum atomic E-state index is 12.5. The van der Waals surface area contributed by atoms with Crippen molar-refractivity contribution in [1.82, 2.24) is 0 Å². The standard InChI is InChI=1S/C23H31N3O4S/c1-16(2)22-15-26(13-14-30-22)21-11-9-19(10-12-21)24-23(27)18-5-7-20(8-6-18)25-31(28,29)17(3)4/h5-12,16-17,22,25H,13-15H2,1-4H3,(H,24,27)/t22-/m0/s1. The number of carbonyl (C=O) groups is 1. The Morgan fingerprint density at radius 3 is 2.19 bits per heavy atom. The number of rotatable bonds is 7. The molecule has 1 aliphatic heterocycles. The molecule has 0 spiro atoms. The monoisotopic (exact) mass is 445 g/mol. The molecule has 1 heterocycles. The number of hydrogen-bond acceptors (Lipinski definition) is 5. The van der Waals surface area contributed by atoms with Gasteiger partial charge in [-0.2, -0.15) is 0 Å². The second-order valence-electron chi connectivity index (χ2n) is 8.37. The number of amides is 1. The van der Waals surface area contributed by atoms with E-state index in [0.717, 1.165) is 18.8 Å². The van der Waals surface area contributed by atoms with Crippen LogP contribution >= 0.6 is 0 Å². The van der Waals surface area contributed by atoms with Crippen LogP contribution in [0.2, 0.25) is 0 Å². The van der Waals surface area contributed by atoms with Crippen molar-refractivity contribution in [2.75, 3.05) is 34.6 Å². The Morgan fingerprint density at radius 1 is 1.00 bits per heavy atom. The van der Waals surface area contributed by atoms with E-state index >= 15 is 0 Å². The Hall–Kier alpha value is -2.58. The quantitative estimate of drug-likeness (QED) is 0.674. The van der Waals surface area contributed by atoms with Gasteiger partial charge in [0.15, 0.2) is 0 Å². The van der Waals surface area contributed by atoms with E-state index in [2.05, 4.69) is 28.8 Å². The first-order valence-corrected chi connectivity index (χ1v) is 12.1. The Kier molecular flexibility index (Phi) is 7.23. The lowest BCUT2D eigenvalue weighted by molar-refractivity contribution is 0.0114. The van der Waals surface area contributed by atoms with Crippen molar-refractivity contribution < 1.29 is 17.9 Å². The summed E-state index contributed by atoms with van der Waals surface area (Å²) in [6, 6.07) is 14.1. The third kappa shape index (κ3) is 5.98. The molecule has 1 fully saturated rings. The van der Waals surface area contributed by atoms with Crippen LogP contribution in [0.25, 0.3) is 0 Å². The number of morpholine rings is 1. The molecule has 31 heavy (non-hydrogen) atoms. The fourth-order valence-corrected chi connectivity index (χ4v) is 3.94. The number of carbonyl (C=O) groups excluding carboxylic acids is 1. The zero-order chi connectivity index (χ0) is 22.6. The van der Waals surface area contributed by atoms with Crippen LogP contribution in [0.15, 0.2) is 48.5 Å². The number of benzene rings is 2. The van der Waals surface area contributed by atoms with Crippen molar-refractivity contribution in [2.45, 2.75) is 39.0 Å². The van der Waals surface area contributed by atoms with E-state index in [-0.39, 0.29) is 12.0 Å². The molecule has 1 aliphatic rings. The lowest BCUT2D eigenvalue weighted by Crippen LogP contribution is -2.44. The smallest absolute Gasteiger partial charge is 0.255 e. The molecule has 168 valence electrons. The van der Waals surface area contributed by atoms with Gasteiger partial charge >= 0.3 is 0 Å². The molecule has 1 amide bonds. The van der Waals surface area contributed by atoms with Crippen molar-refractivity contribution >= 4 is 33.0 Å². The molecule has 0 aliphatic carbocycles. The third-order valence-corrected chi connectivity index (χ3v) is 7.12. The van der Waals surface area contributed by atoms with Gasteiger partial charge in [0, 0.05) is 35.7 Å². The molecule has 7 nitrogen and oxygen atoms in total. The summed E-state index contributed by atoms with van der Waals surface area (Å²) in [6.45, 7) is 9.97. The van der Waals surface area contributed by atoms with E-state index < -0.39 is 15.3 Å². The van der Waals surface area contributed by atoms with Crippen LogP contribution in [0.4, 0.5) is 17.1 Å². The lowest BCUT2D eigenvalue weighted by Gasteiger charge is -2.36. The van der Waals surface area contributed by atoms with Gasteiger partial charge < -0.3 is 15.0 Å². The molecule has 2 aromatic carbocycles. The van der Waals surface area contributed by atoms with Crippen LogP contribution in [-0.2, 0) is 14.8 Å². The number of sulfonamides is 1. The van der Waals surface area contributed by atoms with Gasteiger partial charge in [-0.25, -0.2) is 8.42 Å². The summed E-state index contributed by atoms with van der Waals surface area (Å²) in [5.41, 5.74) is 2.69. The molecule has 8 heteroatoms. The summed E-state index contributed by atoms with van der Waals surface area (Å²) < 4.78 is 32.2. The van der Waals surface area contributed by atoms with Gasteiger partial charge in [0.05, 0.1) is 18.0 Å². The van der Waals surface area contributed by atoms with Crippen molar-refractivity contribution in [3.8, 4) is 0 Å². The first kappa shape index (κ1) is 23.1. The predicted molar refractivity (Wildman–Crippen MR) is 125 cm³/mol. The van der Waals surface area contributed by atoms with Crippen LogP contribution in [0.5, 0.6) is 0 Å². The highest BCUT2D eigenvalue weighted by Crippen LogP contribution is 2.23. The van der Waals surface area contributed by atoms with Gasteiger partial charge in [0.1, 0.15) is 0 Å². The minimum Gasteiger partial charge on any atom is -0.374 e. The summed E-state index contributed by atoms with van der Waals surface area (Å²) in [7, 11) is -3.42. The fraction of sp³-hybridized carbons (Fsp3) is 0.435. The second-order valence-corrected chi connectivity index (χ2v) is 10.6. The topological polar surface area (TPSA) is 87.7 Å². The molecule has 0 aromatic heterocycles. The summed E-state index contributed by atoms with van der Waals surface area (Å²) in [5, 5.41) is 2.35. The van der Waals surface area contributed by atoms with Gasteiger partial charge in [0.2, 0.25) is 10.0 Å². The van der Waals surface area contributed by atoms with Gasteiger partial charge in [0.25, 0.3) is 5.91 Å². The molecule has 2 aromatic rings. The molecule has 0 bridgehead atoms. The molecule has 0 unspecified atom stereocenters. The third-order valence-electron chi connectivity index (χ3n) is 5.36. The molecule has 2 N–H and O–H groups in total. The Labute approximate surface area is 184 Å². The van der Waals surface area contributed by atoms with E-state index in [1.807, 2.05) is 24.3 Å². The summed E-state index contributed by atoms with van der Waals surface area (Å²) in [4.78, 5) is 14.8. The Morgan fingerprint density at radius 2 is 1.61 bits per heavy atom. The first-order valence-electron chi connectivity index (χ1n) is 10.6. The molecule has 1 saturated heterocycles. The SMILES string of the molecule is CC(C)[C@@H]1CN(c2ccc(NC(=O)c3ccc(NS(=O)(=O)C(C)C)cc3)cc2)CCO1. The van der Waals surface area contributed by atoms with E-state index in [1.165, 1.54) is 0 Å². The van der Waals surface area contributed by atoms with E-state index in [1.54, 1.807) is 38.1 Å². The van der Waals surface area contributed by atoms with Crippen LogP contribution in [-0.4, -0.2) is 45.4 Å². The maximum Gasteiger partial charge on any atom is 0.255 e. The number of hydrogen-bond donors (Lipinski definition) is 2. The first-order chi connectivity index (χ1) is 14.7. The van der Waals surface area contributed by atoms with E-state index in [9.17, 15) is 13.2 Å². The van der Waals surface area contributed by atoms with Gasteiger partial charge in [-0.05, 0) is 68.3 Å². The van der Waals surface area contributed by atoms with Gasteiger partial charge in [-0.15, -0.1) is 0 Å². The molecule has 0 saturated carbocycles. The number of ether oxygens (including phenoxy) is 1. The van der Waals surface area contributed by atoms with Crippen LogP contribution in [0.3, 0.4) is 0 Å². The van der Waals surface area contributed by atoms with Crippen molar-refractivity contribution in [3.05, 3.63) is 54.1 Å². The molecule has 0 radical (unpaired) electrons. The van der Waals surface area contributed by atoms with Crippen molar-refractivity contribution in [1.29, 1.82) is 0 Å². The van der Waals surface area contributed by atoms with Crippen molar-refractivity contribution in [3.63, 3.8) is 0 Å². The van der Waals surface area contributed by atoms with Gasteiger partial charge in [-0.3, -0.25) is 9.52 Å². The average Bonchev–Trinajstić information content (AvgIpc) is 2.74. The molecule has 3 rings (SSSR count). The second kappa shape index (κ2) is 9.70. The van der Waals surface area contributed by atoms with Gasteiger partial charge in [-0.1, -0.05) is 13.8 Å². The fourth-order valence-electron chi connectivity index (χ4n) is 3.24. The maximum absolute atomic E-state index is 12.5. The van der Waals surface area contributed by atoms with E-state index in [0.29, 0.717) is 29.5 Å². The average molecular weight is 446 g/mol. The Balaban J connectivity index is 1.60. The molecule has 1 atom stereocenters. The number of nitrogens with zero attached hydrogens (tertiary/aromatic N) is 1. The zero-order valence-corrected chi connectivity index (χ0v) is 19.3. The highest BCUT2D eigenvalue weighted by Gasteiger charge is 2.23. The molecular formula is C23H31N3O4S. The largest absolute Gasteiger partial charge is 0.374 e. The molecular weight excluding hydrogens is 414 g/mol. The summed E-state index contributed by atoms with van der Waals surface area (Å²) >= 11 is 0. The minimum atomic E-state index is -3.42. The van der Waals surface area contributed by atoms with Crippen LogP contribution in [0.1, 0.15) is 38.1 Å². The predicted octanol–water partition coefficient (Wildman–Crippen LogP) is 3.95. The highest BCUT2D eigenvalue weighted by molar-refractivity contribution is 7.93. The van der Waals surface area contributed by atoms with E-state index in [4.69, 9.17) is 4.74 Å². The highest BCUT2D eigenvalue weighted by atomic mass is 32.2. The van der Waals surface area contributed by atoms with Crippen LogP contribution in [0, 0.1) is 5.92 Å². The minimum absolute atomic E-state index is 0.223. The van der Waals surface area contributed by atoms with Crippen LogP contribution < -0.4 is 14.9 Å². The number of anilines is 3. The lowest BCUT2D eigenvalue weighted by atomic mass is 10.1. The summed E-state index contributed by atoms with van der Waals surface area (Å²) in [6.07, 6.45) is 0.223. The normalized spacial score (nSPS) is 17.1. The summed E-state index contributed by atoms with van der Waals surface area (Å²) in [5.74, 6) is 0.214. The zero-order valence-electron chi connectivity index (χ0n) is 18.5. The van der Waals surface area contributed by atoms with Crippen molar-refractivity contribution in [2.24, 2.45) is 5.92 Å².